The number of nitrogens with zero attached hydrogens (tertiary/aromatic N) is 2. The molecule has 2 aromatic heterocycles. The molecule has 0 aromatic carbocycles. The summed E-state index contributed by atoms with van der Waals surface area (Å²) in [4.78, 5) is 8.63. The monoisotopic (exact) mass is 291 g/mol. The van der Waals surface area contributed by atoms with Crippen molar-refractivity contribution in [1.82, 2.24) is 15.3 Å². The zero-order valence-corrected chi connectivity index (χ0v) is 11.0. The molecule has 0 aliphatic carbocycles. The van der Waals surface area contributed by atoms with Gasteiger partial charge in [-0.25, -0.2) is 4.98 Å². The summed E-state index contributed by atoms with van der Waals surface area (Å²) < 4.78 is 0.876. The zero-order valence-electron chi connectivity index (χ0n) is 9.44. The lowest BCUT2D eigenvalue weighted by Crippen LogP contribution is -2.17. The predicted molar refractivity (Wildman–Crippen MR) is 71.6 cm³/mol. The molecule has 4 heteroatoms. The molecular weight excluding hydrogens is 278 g/mol. The van der Waals surface area contributed by atoms with Gasteiger partial charge in [0, 0.05) is 31.4 Å². The smallest absolute Gasteiger partial charge is 0.106 e. The first kappa shape index (κ1) is 12.2. The molecule has 2 heterocycles. The van der Waals surface area contributed by atoms with Crippen LogP contribution in [0.5, 0.6) is 0 Å². The van der Waals surface area contributed by atoms with Gasteiger partial charge in [-0.2, -0.15) is 0 Å². The Hall–Kier alpha value is -1.26. The van der Waals surface area contributed by atoms with Crippen molar-refractivity contribution in [2.75, 3.05) is 6.54 Å². The highest BCUT2D eigenvalue weighted by atomic mass is 79.9. The summed E-state index contributed by atoms with van der Waals surface area (Å²) in [5.41, 5.74) is 2.16. The number of nitrogens with one attached hydrogen (secondary N) is 1. The third-order valence-corrected chi connectivity index (χ3v) is 2.80. The molecule has 0 radical (unpaired) electrons. The molecule has 0 spiro atoms. The largest absolute Gasteiger partial charge is 0.311 e. The van der Waals surface area contributed by atoms with Crippen molar-refractivity contribution in [1.29, 1.82) is 0 Å². The molecule has 0 saturated carbocycles. The summed E-state index contributed by atoms with van der Waals surface area (Å²) >= 11 is 3.36. The summed E-state index contributed by atoms with van der Waals surface area (Å²) in [6, 6.07) is 11.9. The summed E-state index contributed by atoms with van der Waals surface area (Å²) in [5.74, 6) is 0. The molecule has 1 N–H and O–H groups in total. The van der Waals surface area contributed by atoms with Gasteiger partial charge in [0.05, 0.1) is 5.69 Å². The van der Waals surface area contributed by atoms with Crippen LogP contribution in [0.3, 0.4) is 0 Å². The quantitative estimate of drug-likeness (QED) is 0.680. The van der Waals surface area contributed by atoms with E-state index < -0.39 is 0 Å². The van der Waals surface area contributed by atoms with E-state index in [1.807, 2.05) is 42.6 Å². The van der Waals surface area contributed by atoms with Crippen LogP contribution in [0.2, 0.25) is 0 Å². The molecule has 0 amide bonds. The fourth-order valence-corrected chi connectivity index (χ4v) is 1.91. The van der Waals surface area contributed by atoms with E-state index in [1.165, 1.54) is 0 Å². The van der Waals surface area contributed by atoms with Crippen LogP contribution < -0.4 is 5.32 Å². The Morgan fingerprint density at radius 3 is 2.71 bits per heavy atom. The lowest BCUT2D eigenvalue weighted by Gasteiger charge is -2.04. The molecule has 0 atom stereocenters. The number of halogens is 1. The Kier molecular flexibility index (Phi) is 4.64. The molecule has 0 aliphatic rings. The average molecular weight is 292 g/mol. The van der Waals surface area contributed by atoms with Gasteiger partial charge < -0.3 is 5.32 Å². The first-order valence-electron chi connectivity index (χ1n) is 5.56. The topological polar surface area (TPSA) is 37.8 Å². The molecule has 2 aromatic rings. The van der Waals surface area contributed by atoms with Crippen LogP contribution >= 0.6 is 15.9 Å². The van der Waals surface area contributed by atoms with E-state index in [1.54, 1.807) is 0 Å². The maximum atomic E-state index is 4.36. The minimum absolute atomic E-state index is 0.784. The van der Waals surface area contributed by atoms with Crippen molar-refractivity contribution in [3.63, 3.8) is 0 Å². The summed E-state index contributed by atoms with van der Waals surface area (Å²) in [7, 11) is 0. The normalized spacial score (nSPS) is 10.4. The van der Waals surface area contributed by atoms with E-state index in [2.05, 4.69) is 31.2 Å². The lowest BCUT2D eigenvalue weighted by molar-refractivity contribution is 0.667. The van der Waals surface area contributed by atoms with Gasteiger partial charge in [0.2, 0.25) is 0 Å². The molecule has 0 aliphatic heterocycles. The van der Waals surface area contributed by atoms with Crippen molar-refractivity contribution in [3.8, 4) is 0 Å². The molecule has 3 nitrogen and oxygen atoms in total. The van der Waals surface area contributed by atoms with Gasteiger partial charge in [-0.3, -0.25) is 4.98 Å². The molecule has 17 heavy (non-hydrogen) atoms. The van der Waals surface area contributed by atoms with Crippen molar-refractivity contribution in [2.45, 2.75) is 13.0 Å². The van der Waals surface area contributed by atoms with Crippen LogP contribution in [0, 0.1) is 0 Å². The molecule has 0 bridgehead atoms. The Labute approximate surface area is 109 Å². The molecule has 88 valence electrons. The third-order valence-electron chi connectivity index (χ3n) is 2.36. The average Bonchev–Trinajstić information content (AvgIpc) is 2.36. The Bertz CT molecular complexity index is 459. The van der Waals surface area contributed by atoms with E-state index in [0.29, 0.717) is 0 Å². The number of hydrogen-bond donors (Lipinski definition) is 1. The van der Waals surface area contributed by atoms with E-state index in [4.69, 9.17) is 0 Å². The second-order valence-corrected chi connectivity index (χ2v) is 4.51. The van der Waals surface area contributed by atoms with Crippen LogP contribution in [0.25, 0.3) is 0 Å². The van der Waals surface area contributed by atoms with Gasteiger partial charge in [0.25, 0.3) is 0 Å². The van der Waals surface area contributed by atoms with Gasteiger partial charge in [-0.15, -0.1) is 0 Å². The van der Waals surface area contributed by atoms with Crippen molar-refractivity contribution in [3.05, 3.63) is 58.6 Å². The van der Waals surface area contributed by atoms with E-state index in [0.717, 1.165) is 35.5 Å². The SMILES string of the molecule is Brc1cccc(CNCCc2ccccn2)n1. The van der Waals surface area contributed by atoms with Crippen LogP contribution in [0.15, 0.2) is 47.2 Å². The maximum Gasteiger partial charge on any atom is 0.106 e. The highest BCUT2D eigenvalue weighted by Gasteiger charge is 1.96. The Balaban J connectivity index is 1.73. The summed E-state index contributed by atoms with van der Waals surface area (Å²) in [5, 5.41) is 3.35. The number of hydrogen-bond acceptors (Lipinski definition) is 3. The fraction of sp³-hybridized carbons (Fsp3) is 0.231. The van der Waals surface area contributed by atoms with Gasteiger partial charge >= 0.3 is 0 Å². The molecule has 0 saturated heterocycles. The van der Waals surface area contributed by atoms with Crippen molar-refractivity contribution in [2.24, 2.45) is 0 Å². The summed E-state index contributed by atoms with van der Waals surface area (Å²) in [6.07, 6.45) is 2.76. The van der Waals surface area contributed by atoms with Gasteiger partial charge in [0.1, 0.15) is 4.60 Å². The van der Waals surface area contributed by atoms with E-state index >= 15 is 0 Å². The highest BCUT2D eigenvalue weighted by Crippen LogP contribution is 2.05. The maximum absolute atomic E-state index is 4.36. The van der Waals surface area contributed by atoms with E-state index in [9.17, 15) is 0 Å². The Morgan fingerprint density at radius 2 is 1.94 bits per heavy atom. The predicted octanol–water partition coefficient (Wildman–Crippen LogP) is 2.57. The highest BCUT2D eigenvalue weighted by molar-refractivity contribution is 9.10. The number of aromatic nitrogens is 2. The first-order valence-corrected chi connectivity index (χ1v) is 6.36. The van der Waals surface area contributed by atoms with Crippen LogP contribution in [-0.2, 0) is 13.0 Å². The van der Waals surface area contributed by atoms with Crippen LogP contribution in [0.4, 0.5) is 0 Å². The lowest BCUT2D eigenvalue weighted by atomic mass is 10.2. The van der Waals surface area contributed by atoms with Gasteiger partial charge in [-0.05, 0) is 40.2 Å². The number of pyridine rings is 2. The second kappa shape index (κ2) is 6.47. The zero-order chi connectivity index (χ0) is 11.9. The molecule has 0 unspecified atom stereocenters. The van der Waals surface area contributed by atoms with Crippen LogP contribution in [-0.4, -0.2) is 16.5 Å². The third kappa shape index (κ3) is 4.24. The second-order valence-electron chi connectivity index (χ2n) is 3.70. The minimum Gasteiger partial charge on any atom is -0.311 e. The van der Waals surface area contributed by atoms with Crippen molar-refractivity contribution >= 4 is 15.9 Å². The standard InChI is InChI=1S/C13H14BrN3/c14-13-6-3-5-12(17-13)10-15-9-7-11-4-1-2-8-16-11/h1-6,8,15H,7,9-10H2. The number of rotatable bonds is 5. The van der Waals surface area contributed by atoms with Gasteiger partial charge in [0.15, 0.2) is 0 Å². The minimum atomic E-state index is 0.784. The van der Waals surface area contributed by atoms with Crippen LogP contribution in [0.1, 0.15) is 11.4 Å². The van der Waals surface area contributed by atoms with Crippen molar-refractivity contribution < 1.29 is 0 Å². The van der Waals surface area contributed by atoms with Gasteiger partial charge in [-0.1, -0.05) is 12.1 Å². The molecular formula is C13H14BrN3. The first-order chi connectivity index (χ1) is 8.34. The molecule has 0 fully saturated rings. The fourth-order valence-electron chi connectivity index (χ4n) is 1.53. The summed E-state index contributed by atoms with van der Waals surface area (Å²) in [6.45, 7) is 1.69. The Morgan fingerprint density at radius 1 is 1.06 bits per heavy atom. The van der Waals surface area contributed by atoms with E-state index in [-0.39, 0.29) is 0 Å². The molecule has 2 rings (SSSR count).